The van der Waals surface area contributed by atoms with Crippen LogP contribution in [0, 0.1) is 36.0 Å². The van der Waals surface area contributed by atoms with Crippen molar-refractivity contribution in [2.24, 2.45) is 11.3 Å². The molecule has 0 saturated carbocycles. The van der Waals surface area contributed by atoms with E-state index in [9.17, 15) is 0 Å². The molecule has 0 radical (unpaired) electrons. The maximum Gasteiger partial charge on any atom is 0.0237 e. The zero-order chi connectivity index (χ0) is 43.8. The van der Waals surface area contributed by atoms with E-state index in [1.807, 2.05) is 74.5 Å². The third-order valence-electron chi connectivity index (χ3n) is 7.56. The van der Waals surface area contributed by atoms with Crippen LogP contribution in [-0.2, 0) is 0 Å². The van der Waals surface area contributed by atoms with Gasteiger partial charge in [-0.3, -0.25) is 0 Å². The second kappa shape index (κ2) is 55.5. The van der Waals surface area contributed by atoms with Gasteiger partial charge in [0, 0.05) is 5.57 Å². The lowest BCUT2D eigenvalue weighted by Crippen LogP contribution is -2.24. The van der Waals surface area contributed by atoms with E-state index in [1.54, 1.807) is 6.92 Å². The zero-order valence-electron chi connectivity index (χ0n) is 39.8. The second-order valence-electron chi connectivity index (χ2n) is 13.1. The van der Waals surface area contributed by atoms with Gasteiger partial charge in [0.25, 0.3) is 0 Å². The third kappa shape index (κ3) is 55.7. The van der Waals surface area contributed by atoms with Crippen molar-refractivity contribution < 1.29 is 0 Å². The van der Waals surface area contributed by atoms with E-state index in [2.05, 4.69) is 138 Å². The van der Waals surface area contributed by atoms with Crippen LogP contribution in [0.15, 0.2) is 108 Å². The van der Waals surface area contributed by atoms with E-state index >= 15 is 0 Å². The number of terminal acetylenes is 2. The fraction of sp³-hybridized carbons (Fsp3) is 0.585. The molecule has 53 heavy (non-hydrogen) atoms. The van der Waals surface area contributed by atoms with Crippen molar-refractivity contribution in [1.82, 2.24) is 0 Å². The molecule has 0 bridgehead atoms. The Morgan fingerprint density at radius 3 is 1.47 bits per heavy atom. The molecular weight excluding hydrogens is 637 g/mol. The molecule has 0 nitrogen and oxygen atoms in total. The SMILES string of the molecule is C#CC.C#CC1=C(CC(CCC)C(C)(C)CC)CCC(C(=C)/C=C\C)=C1.C=C.C=C(C)/C=C\C(C)=C/C.C=C(C)C.CC.CC.CCCC.CCCC. The highest BCUT2D eigenvalue weighted by atomic mass is 14.3. The van der Waals surface area contributed by atoms with Gasteiger partial charge in [0.1, 0.15) is 0 Å². The summed E-state index contributed by atoms with van der Waals surface area (Å²) in [7, 11) is 0. The molecule has 1 atom stereocenters. The Labute approximate surface area is 339 Å². The summed E-state index contributed by atoms with van der Waals surface area (Å²) >= 11 is 0. The van der Waals surface area contributed by atoms with Crippen LogP contribution < -0.4 is 0 Å². The molecule has 0 aromatic rings. The number of hydrogen-bond acceptors (Lipinski definition) is 0. The lowest BCUT2D eigenvalue weighted by Gasteiger charge is -2.35. The molecule has 0 heterocycles. The zero-order valence-corrected chi connectivity index (χ0v) is 39.8. The number of rotatable bonds is 12. The van der Waals surface area contributed by atoms with Gasteiger partial charge in [-0.1, -0.05) is 193 Å². The first-order valence-corrected chi connectivity index (χ1v) is 20.7. The average Bonchev–Trinajstić information content (AvgIpc) is 3.16. The highest BCUT2D eigenvalue weighted by molar-refractivity contribution is 5.51. The Balaban J connectivity index is -0.0000000923. The molecule has 0 aromatic heterocycles. The lowest BCUT2D eigenvalue weighted by molar-refractivity contribution is 0.187. The molecular formula is C53H96. The smallest absolute Gasteiger partial charge is 0.0237 e. The summed E-state index contributed by atoms with van der Waals surface area (Å²) in [5.41, 5.74) is 8.88. The predicted octanol–water partition coefficient (Wildman–Crippen LogP) is 18.8. The van der Waals surface area contributed by atoms with E-state index in [1.165, 1.54) is 67.2 Å². The summed E-state index contributed by atoms with van der Waals surface area (Å²) in [5, 5.41) is 0. The molecule has 0 aliphatic heterocycles. The van der Waals surface area contributed by atoms with E-state index in [-0.39, 0.29) is 0 Å². The fourth-order valence-corrected chi connectivity index (χ4v) is 3.76. The number of unbranched alkanes of at least 4 members (excludes halogenated alkanes) is 2. The number of allylic oxidation sites excluding steroid dienone is 13. The predicted molar refractivity (Wildman–Crippen MR) is 258 cm³/mol. The topological polar surface area (TPSA) is 0 Å². The Kier molecular flexibility index (Phi) is 71.1. The first-order valence-electron chi connectivity index (χ1n) is 20.7. The average molecular weight is 733 g/mol. The van der Waals surface area contributed by atoms with Crippen LogP contribution in [-0.4, -0.2) is 0 Å². The molecule has 1 aliphatic carbocycles. The summed E-state index contributed by atoms with van der Waals surface area (Å²) < 4.78 is 0. The van der Waals surface area contributed by atoms with Gasteiger partial charge in [-0.15, -0.1) is 38.5 Å². The summed E-state index contributed by atoms with van der Waals surface area (Å²) in [4.78, 5) is 0. The first-order chi connectivity index (χ1) is 25.0. The fourth-order valence-electron chi connectivity index (χ4n) is 3.76. The van der Waals surface area contributed by atoms with Crippen LogP contribution in [0.3, 0.4) is 0 Å². The molecule has 0 aromatic carbocycles. The Morgan fingerprint density at radius 2 is 1.19 bits per heavy atom. The van der Waals surface area contributed by atoms with Crippen LogP contribution in [0.4, 0.5) is 0 Å². The van der Waals surface area contributed by atoms with E-state index in [0.29, 0.717) is 11.3 Å². The van der Waals surface area contributed by atoms with Crippen LogP contribution in [0.5, 0.6) is 0 Å². The molecule has 0 heteroatoms. The van der Waals surface area contributed by atoms with Crippen molar-refractivity contribution in [2.75, 3.05) is 0 Å². The van der Waals surface area contributed by atoms with Crippen molar-refractivity contribution in [3.05, 3.63) is 108 Å². The van der Waals surface area contributed by atoms with Crippen molar-refractivity contribution in [2.45, 2.75) is 196 Å². The normalized spacial score (nSPS) is 11.6. The van der Waals surface area contributed by atoms with Crippen LogP contribution in [0.25, 0.3) is 0 Å². The molecule has 1 aliphatic rings. The first kappa shape index (κ1) is 67.9. The molecule has 0 amide bonds. The van der Waals surface area contributed by atoms with Gasteiger partial charge in [0.15, 0.2) is 0 Å². The largest absolute Gasteiger partial charge is 0.120 e. The van der Waals surface area contributed by atoms with Crippen molar-refractivity contribution in [3.63, 3.8) is 0 Å². The van der Waals surface area contributed by atoms with E-state index in [0.717, 1.165) is 36.0 Å². The van der Waals surface area contributed by atoms with Gasteiger partial charge < -0.3 is 0 Å². The summed E-state index contributed by atoms with van der Waals surface area (Å²) in [6, 6.07) is 0. The number of hydrogen-bond donors (Lipinski definition) is 0. The highest BCUT2D eigenvalue weighted by Gasteiger charge is 2.28. The molecule has 0 spiro atoms. The maximum absolute atomic E-state index is 5.82. The Morgan fingerprint density at radius 1 is 0.774 bits per heavy atom. The van der Waals surface area contributed by atoms with Crippen LogP contribution in [0.2, 0.25) is 0 Å². The monoisotopic (exact) mass is 733 g/mol. The van der Waals surface area contributed by atoms with Crippen molar-refractivity contribution in [1.29, 1.82) is 0 Å². The third-order valence-corrected chi connectivity index (χ3v) is 7.56. The maximum atomic E-state index is 5.82. The van der Waals surface area contributed by atoms with Crippen LogP contribution in [0.1, 0.15) is 196 Å². The molecule has 0 fully saturated rings. The lowest BCUT2D eigenvalue weighted by atomic mass is 9.70. The van der Waals surface area contributed by atoms with Gasteiger partial charge in [0.2, 0.25) is 0 Å². The minimum absolute atomic E-state index is 0.376. The van der Waals surface area contributed by atoms with Crippen molar-refractivity contribution in [3.8, 4) is 24.7 Å². The van der Waals surface area contributed by atoms with Gasteiger partial charge in [-0.2, -0.15) is 0 Å². The van der Waals surface area contributed by atoms with E-state index in [4.69, 9.17) is 6.42 Å². The van der Waals surface area contributed by atoms with Crippen LogP contribution >= 0.6 is 0 Å². The van der Waals surface area contributed by atoms with Gasteiger partial charge in [0.05, 0.1) is 0 Å². The second-order valence-corrected chi connectivity index (χ2v) is 13.1. The Hall–Kier alpha value is -3.22. The van der Waals surface area contributed by atoms with Crippen molar-refractivity contribution >= 4 is 0 Å². The summed E-state index contributed by atoms with van der Waals surface area (Å²) in [6.45, 7) is 57.3. The van der Waals surface area contributed by atoms with Gasteiger partial charge >= 0.3 is 0 Å². The summed E-state index contributed by atoms with van der Waals surface area (Å²) in [6.07, 6.45) is 35.2. The molecule has 0 N–H and O–H groups in total. The minimum atomic E-state index is 0.376. The minimum Gasteiger partial charge on any atom is -0.120 e. The van der Waals surface area contributed by atoms with Gasteiger partial charge in [-0.25, -0.2) is 0 Å². The molecule has 308 valence electrons. The standard InChI is InChI=1S/C23H34.C9H14.C4H8.2C4H10.C3H4.2C2H6.C2H4/c1-8-12-18(5)20-14-15-21(19(10-3)16-20)17-22(13-9-2)23(6,7)11-4;1-5-9(4)7-6-8(2)3;1-4(2)3;2*1-3-4-2;1-3-2;3*1-2/h3,8,12,16,22H,5,9,11,13-15,17H2,1-2,4,6-7H3;5-7H,2H2,1,3-4H3;1H2,2-3H3;2*3-4H2,1-2H3;1H,2H3;2*1-2H3;1-2H2/b12-8-;7-6-,9-5-;;;;;;;. The van der Waals surface area contributed by atoms with E-state index < -0.39 is 0 Å². The quantitative estimate of drug-likeness (QED) is 0.106. The van der Waals surface area contributed by atoms with Gasteiger partial charge in [-0.05, 0) is 103 Å². The summed E-state index contributed by atoms with van der Waals surface area (Å²) in [5.74, 6) is 5.90. The molecule has 1 unspecified atom stereocenters. The highest BCUT2D eigenvalue weighted by Crippen LogP contribution is 2.41. The Bertz CT molecular complexity index is 1050. The molecule has 1 rings (SSSR count). The molecule has 0 saturated heterocycles.